The van der Waals surface area contributed by atoms with E-state index >= 15 is 0 Å². The first-order valence-electron chi connectivity index (χ1n) is 7.65. The van der Waals surface area contributed by atoms with Gasteiger partial charge in [0.1, 0.15) is 5.57 Å². The molecule has 0 aromatic carbocycles. The van der Waals surface area contributed by atoms with E-state index in [9.17, 15) is 14.4 Å². The van der Waals surface area contributed by atoms with Crippen molar-refractivity contribution >= 4 is 23.9 Å². The first-order chi connectivity index (χ1) is 12.1. The van der Waals surface area contributed by atoms with Crippen LogP contribution in [-0.4, -0.2) is 27.9 Å². The van der Waals surface area contributed by atoms with E-state index in [0.717, 1.165) is 30.3 Å². The summed E-state index contributed by atoms with van der Waals surface area (Å²) in [7, 11) is 0. The van der Waals surface area contributed by atoms with Crippen molar-refractivity contribution in [2.45, 2.75) is 19.8 Å². The second-order valence-corrected chi connectivity index (χ2v) is 5.28. The number of carbonyl (C=O) groups excluding carboxylic acids is 3. The van der Waals surface area contributed by atoms with Crippen molar-refractivity contribution in [2.24, 2.45) is 0 Å². The normalized spacial score (nSPS) is 15.8. The molecule has 8 heteroatoms. The van der Waals surface area contributed by atoms with Gasteiger partial charge in [-0.15, -0.1) is 0 Å². The molecular weight excluding hydrogens is 326 g/mol. The summed E-state index contributed by atoms with van der Waals surface area (Å²) in [6.07, 6.45) is 6.06. The number of ether oxygens (including phenoxy) is 2. The Balaban J connectivity index is 1.89. The van der Waals surface area contributed by atoms with Crippen LogP contribution in [0.15, 0.2) is 42.2 Å². The van der Waals surface area contributed by atoms with Crippen molar-refractivity contribution in [3.63, 3.8) is 0 Å². The third-order valence-corrected chi connectivity index (χ3v) is 3.41. The van der Waals surface area contributed by atoms with E-state index in [4.69, 9.17) is 9.47 Å². The lowest BCUT2D eigenvalue weighted by Gasteiger charge is -2.14. The van der Waals surface area contributed by atoms with Crippen LogP contribution < -0.4 is 14.9 Å². The van der Waals surface area contributed by atoms with Gasteiger partial charge >= 0.3 is 11.9 Å². The topological polar surface area (TPSA) is 99.5 Å². The molecule has 0 unspecified atom stereocenters. The molecule has 0 aliphatic carbocycles. The first-order valence-corrected chi connectivity index (χ1v) is 7.65. The molecule has 2 aromatic rings. The van der Waals surface area contributed by atoms with Crippen LogP contribution in [0.1, 0.15) is 19.0 Å². The summed E-state index contributed by atoms with van der Waals surface area (Å²) in [6.45, 7) is 2.06. The Kier molecular flexibility index (Phi) is 4.60. The van der Waals surface area contributed by atoms with Gasteiger partial charge in [-0.1, -0.05) is 13.3 Å². The number of esters is 2. The molecule has 8 nitrogen and oxygen atoms in total. The second-order valence-electron chi connectivity index (χ2n) is 5.28. The standard InChI is InChI=1S/C17H15N3O5/c1-2-3-12-9-13(4-6-18-12)19-20-7-5-14-16(20)25-15(22)8-11(10-21)17(23)24-14/h4-10H,2-3H2,1H3,(H,18,19)/b11-8-. The van der Waals surface area contributed by atoms with E-state index in [-0.39, 0.29) is 17.9 Å². The third-order valence-electron chi connectivity index (χ3n) is 3.41. The minimum absolute atomic E-state index is 0.00778. The lowest BCUT2D eigenvalue weighted by Crippen LogP contribution is -2.21. The summed E-state index contributed by atoms with van der Waals surface area (Å²) < 4.78 is 11.7. The molecule has 0 saturated carbocycles. The molecular formula is C17H15N3O5. The zero-order chi connectivity index (χ0) is 17.8. The predicted molar refractivity (Wildman–Crippen MR) is 87.1 cm³/mol. The van der Waals surface area contributed by atoms with Crippen LogP contribution in [0.4, 0.5) is 5.69 Å². The Morgan fingerprint density at radius 3 is 2.88 bits per heavy atom. The van der Waals surface area contributed by atoms with Gasteiger partial charge in [-0.2, -0.15) is 0 Å². The number of aldehydes is 1. The molecule has 2 aromatic heterocycles. The Morgan fingerprint density at radius 1 is 1.28 bits per heavy atom. The number of fused-ring (bicyclic) bond motifs is 1. The summed E-state index contributed by atoms with van der Waals surface area (Å²) in [6, 6.07) is 5.08. The van der Waals surface area contributed by atoms with E-state index < -0.39 is 17.5 Å². The Bertz CT molecular complexity index is 869. The number of anilines is 1. The quantitative estimate of drug-likeness (QED) is 0.501. The van der Waals surface area contributed by atoms with Gasteiger partial charge in [0.2, 0.25) is 0 Å². The molecule has 25 heavy (non-hydrogen) atoms. The molecule has 0 spiro atoms. The van der Waals surface area contributed by atoms with E-state index in [1.165, 1.54) is 16.9 Å². The highest BCUT2D eigenvalue weighted by atomic mass is 16.6. The fourth-order valence-electron chi connectivity index (χ4n) is 2.30. The summed E-state index contributed by atoms with van der Waals surface area (Å²) in [5, 5.41) is 0. The number of pyridine rings is 1. The van der Waals surface area contributed by atoms with Gasteiger partial charge in [0.15, 0.2) is 12.0 Å². The van der Waals surface area contributed by atoms with E-state index in [0.29, 0.717) is 0 Å². The maximum absolute atomic E-state index is 11.8. The van der Waals surface area contributed by atoms with Crippen LogP contribution >= 0.6 is 0 Å². The number of nitrogens with one attached hydrogen (secondary N) is 1. The fourth-order valence-corrected chi connectivity index (χ4v) is 2.30. The lowest BCUT2D eigenvalue weighted by atomic mass is 10.2. The van der Waals surface area contributed by atoms with Gasteiger partial charge in [-0.3, -0.25) is 15.2 Å². The molecule has 1 aliphatic rings. The van der Waals surface area contributed by atoms with Gasteiger partial charge in [0.05, 0.1) is 5.69 Å². The van der Waals surface area contributed by atoms with Gasteiger partial charge in [0.25, 0.3) is 5.88 Å². The first kappa shape index (κ1) is 16.4. The Hall–Kier alpha value is -3.42. The Labute approximate surface area is 143 Å². The van der Waals surface area contributed by atoms with Crippen LogP contribution in [-0.2, 0) is 20.8 Å². The molecule has 0 saturated heterocycles. The van der Waals surface area contributed by atoms with Gasteiger partial charge < -0.3 is 9.47 Å². The Morgan fingerprint density at radius 2 is 2.12 bits per heavy atom. The smallest absolute Gasteiger partial charge is 0.347 e. The zero-order valence-electron chi connectivity index (χ0n) is 13.4. The van der Waals surface area contributed by atoms with Crippen LogP contribution in [0.25, 0.3) is 0 Å². The van der Waals surface area contributed by atoms with Crippen molar-refractivity contribution in [1.82, 2.24) is 9.66 Å². The van der Waals surface area contributed by atoms with Crippen molar-refractivity contribution in [3.05, 3.63) is 47.9 Å². The molecule has 3 rings (SSSR count). The number of carbonyl (C=O) groups is 3. The molecule has 3 heterocycles. The number of hydrogen-bond donors (Lipinski definition) is 1. The predicted octanol–water partition coefficient (Wildman–Crippen LogP) is 1.66. The summed E-state index contributed by atoms with van der Waals surface area (Å²) in [5.41, 5.74) is 4.28. The summed E-state index contributed by atoms with van der Waals surface area (Å²) in [4.78, 5) is 38.8. The number of rotatable bonds is 5. The van der Waals surface area contributed by atoms with Crippen LogP contribution in [0.5, 0.6) is 11.6 Å². The molecule has 0 bridgehead atoms. The molecule has 0 atom stereocenters. The maximum atomic E-state index is 11.8. The van der Waals surface area contributed by atoms with Crippen molar-refractivity contribution in [1.29, 1.82) is 0 Å². The van der Waals surface area contributed by atoms with Gasteiger partial charge in [-0.05, 0) is 18.6 Å². The number of nitrogens with zero attached hydrogens (tertiary/aromatic N) is 2. The fraction of sp³-hybridized carbons (Fsp3) is 0.176. The molecule has 0 radical (unpaired) electrons. The molecule has 1 aliphatic heterocycles. The monoisotopic (exact) mass is 341 g/mol. The highest BCUT2D eigenvalue weighted by Crippen LogP contribution is 2.31. The van der Waals surface area contributed by atoms with E-state index in [2.05, 4.69) is 17.3 Å². The highest BCUT2D eigenvalue weighted by molar-refractivity contribution is 6.13. The largest absolute Gasteiger partial charge is 0.417 e. The average molecular weight is 341 g/mol. The molecule has 128 valence electrons. The number of aromatic nitrogens is 2. The van der Waals surface area contributed by atoms with Gasteiger partial charge in [0, 0.05) is 30.2 Å². The van der Waals surface area contributed by atoms with Crippen LogP contribution in [0, 0.1) is 0 Å². The summed E-state index contributed by atoms with van der Waals surface area (Å²) in [5.74, 6) is -1.72. The SMILES string of the molecule is CCCc1cc(Nn2ccc3c2OC(=O)/C=C(/C=O)C(=O)O3)ccn1. The second kappa shape index (κ2) is 7.00. The third kappa shape index (κ3) is 3.57. The lowest BCUT2D eigenvalue weighted by molar-refractivity contribution is -0.135. The molecule has 0 fully saturated rings. The molecule has 0 amide bonds. The average Bonchev–Trinajstić information content (AvgIpc) is 2.93. The minimum atomic E-state index is -0.917. The van der Waals surface area contributed by atoms with Crippen molar-refractivity contribution in [3.8, 4) is 11.6 Å². The zero-order valence-corrected chi connectivity index (χ0v) is 13.4. The van der Waals surface area contributed by atoms with Gasteiger partial charge in [-0.25, -0.2) is 14.3 Å². The van der Waals surface area contributed by atoms with Crippen molar-refractivity contribution in [2.75, 3.05) is 5.43 Å². The van der Waals surface area contributed by atoms with E-state index in [1.54, 1.807) is 12.3 Å². The van der Waals surface area contributed by atoms with Crippen molar-refractivity contribution < 1.29 is 23.9 Å². The minimum Gasteiger partial charge on any atom is -0.417 e. The number of hydrogen-bond acceptors (Lipinski definition) is 7. The summed E-state index contributed by atoms with van der Waals surface area (Å²) >= 11 is 0. The number of aryl methyl sites for hydroxylation is 1. The van der Waals surface area contributed by atoms with Crippen LogP contribution in [0.3, 0.4) is 0 Å². The molecule has 1 N–H and O–H groups in total. The maximum Gasteiger partial charge on any atom is 0.347 e. The van der Waals surface area contributed by atoms with Crippen LogP contribution in [0.2, 0.25) is 0 Å². The highest BCUT2D eigenvalue weighted by Gasteiger charge is 2.24. The van der Waals surface area contributed by atoms with E-state index in [1.807, 2.05) is 6.07 Å².